The van der Waals surface area contributed by atoms with Crippen LogP contribution in [0.25, 0.3) is 0 Å². The lowest BCUT2D eigenvalue weighted by atomic mass is 10.1. The molecule has 166 valence electrons. The van der Waals surface area contributed by atoms with Crippen LogP contribution in [0.1, 0.15) is 16.7 Å². The number of benzene rings is 3. The summed E-state index contributed by atoms with van der Waals surface area (Å²) in [4.78, 5) is 0. The van der Waals surface area contributed by atoms with E-state index < -0.39 is 0 Å². The van der Waals surface area contributed by atoms with Crippen molar-refractivity contribution in [1.82, 2.24) is 5.32 Å². The van der Waals surface area contributed by atoms with E-state index in [1.54, 1.807) is 31.4 Å². The van der Waals surface area contributed by atoms with E-state index in [9.17, 15) is 4.39 Å². The van der Waals surface area contributed by atoms with Gasteiger partial charge in [0.15, 0.2) is 11.5 Å². The number of nitrogens with one attached hydrogen (secondary N) is 1. The van der Waals surface area contributed by atoms with Crippen molar-refractivity contribution >= 4 is 47.2 Å². The summed E-state index contributed by atoms with van der Waals surface area (Å²) in [5.74, 6) is 0.775. The Balaban J connectivity index is 0.00000341. The third-order valence-corrected chi connectivity index (χ3v) is 5.38. The van der Waals surface area contributed by atoms with Crippen LogP contribution in [-0.2, 0) is 19.6 Å². The number of halogens is 5. The lowest BCUT2D eigenvalue weighted by Crippen LogP contribution is -2.16. The van der Waals surface area contributed by atoms with E-state index in [-0.39, 0.29) is 24.8 Å². The Bertz CT molecular complexity index is 1000. The van der Waals surface area contributed by atoms with E-state index in [1.807, 2.05) is 18.2 Å². The molecular weight excluding hydrogens is 483 g/mol. The maximum absolute atomic E-state index is 13.0. The van der Waals surface area contributed by atoms with Crippen molar-refractivity contribution in [1.29, 1.82) is 0 Å². The molecule has 0 aliphatic carbocycles. The summed E-state index contributed by atoms with van der Waals surface area (Å²) >= 11 is 18.6. The number of hydrogen-bond acceptors (Lipinski definition) is 3. The standard InChI is InChI=1S/C23H21Cl3FNO2.ClH/c1-29-22-11-16(13-28-9-8-15-2-6-19(27)7-3-15)10-21(26)23(22)30-14-17-4-5-18(24)12-20(17)25;/h2-7,10-12,28H,8-9,13-14H2,1H3;1H. The Morgan fingerprint density at radius 3 is 2.32 bits per heavy atom. The van der Waals surface area contributed by atoms with Crippen molar-refractivity contribution < 1.29 is 13.9 Å². The number of ether oxygens (including phenoxy) is 2. The highest BCUT2D eigenvalue weighted by molar-refractivity contribution is 6.35. The molecule has 0 spiro atoms. The fourth-order valence-corrected chi connectivity index (χ4v) is 3.67. The van der Waals surface area contributed by atoms with E-state index in [1.165, 1.54) is 12.1 Å². The molecule has 0 saturated carbocycles. The van der Waals surface area contributed by atoms with Crippen molar-refractivity contribution in [2.45, 2.75) is 19.6 Å². The molecule has 1 N–H and O–H groups in total. The summed E-state index contributed by atoms with van der Waals surface area (Å²) in [5.41, 5.74) is 2.84. The van der Waals surface area contributed by atoms with E-state index in [0.717, 1.165) is 29.7 Å². The Morgan fingerprint density at radius 2 is 1.65 bits per heavy atom. The highest BCUT2D eigenvalue weighted by Crippen LogP contribution is 2.37. The second-order valence-corrected chi connectivity index (χ2v) is 7.94. The molecule has 0 amide bonds. The van der Waals surface area contributed by atoms with Gasteiger partial charge < -0.3 is 14.8 Å². The van der Waals surface area contributed by atoms with Gasteiger partial charge in [0.05, 0.1) is 12.1 Å². The van der Waals surface area contributed by atoms with Crippen molar-refractivity contribution in [2.24, 2.45) is 0 Å². The van der Waals surface area contributed by atoms with Crippen LogP contribution in [-0.4, -0.2) is 13.7 Å². The summed E-state index contributed by atoms with van der Waals surface area (Å²) in [6.45, 7) is 1.60. The summed E-state index contributed by atoms with van der Waals surface area (Å²) < 4.78 is 24.3. The molecule has 3 nitrogen and oxygen atoms in total. The predicted octanol–water partition coefficient (Wildman–Crippen LogP) is 7.13. The van der Waals surface area contributed by atoms with Crippen LogP contribution >= 0.6 is 47.2 Å². The highest BCUT2D eigenvalue weighted by atomic mass is 35.5. The third-order valence-electron chi connectivity index (χ3n) is 4.51. The molecule has 0 heterocycles. The second-order valence-electron chi connectivity index (χ2n) is 6.69. The van der Waals surface area contributed by atoms with Gasteiger partial charge in [-0.15, -0.1) is 12.4 Å². The van der Waals surface area contributed by atoms with Crippen molar-refractivity contribution in [3.8, 4) is 11.5 Å². The highest BCUT2D eigenvalue weighted by Gasteiger charge is 2.13. The fourth-order valence-electron chi connectivity index (χ4n) is 2.92. The molecular formula is C23H22Cl4FNO2. The molecule has 3 aromatic carbocycles. The van der Waals surface area contributed by atoms with Gasteiger partial charge >= 0.3 is 0 Å². The van der Waals surface area contributed by atoms with Crippen LogP contribution in [0, 0.1) is 5.82 Å². The van der Waals surface area contributed by atoms with Crippen LogP contribution in [0.5, 0.6) is 11.5 Å². The summed E-state index contributed by atoms with van der Waals surface area (Å²) in [6, 6.07) is 15.5. The van der Waals surface area contributed by atoms with Crippen LogP contribution in [0.3, 0.4) is 0 Å². The molecule has 0 radical (unpaired) electrons. The minimum atomic E-state index is -0.228. The molecule has 0 aromatic heterocycles. The predicted molar refractivity (Wildman–Crippen MR) is 128 cm³/mol. The summed E-state index contributed by atoms with van der Waals surface area (Å²) in [6.07, 6.45) is 0.800. The van der Waals surface area contributed by atoms with Gasteiger partial charge in [-0.1, -0.05) is 53.0 Å². The van der Waals surface area contributed by atoms with Gasteiger partial charge in [-0.05, 0) is 60.5 Å². The van der Waals surface area contributed by atoms with Crippen LogP contribution < -0.4 is 14.8 Å². The van der Waals surface area contributed by atoms with Gasteiger partial charge in [0.25, 0.3) is 0 Å². The first-order chi connectivity index (χ1) is 14.5. The number of rotatable bonds is 9. The van der Waals surface area contributed by atoms with E-state index in [4.69, 9.17) is 44.3 Å². The van der Waals surface area contributed by atoms with Gasteiger partial charge in [0, 0.05) is 22.2 Å². The average Bonchev–Trinajstić information content (AvgIpc) is 2.72. The van der Waals surface area contributed by atoms with Crippen LogP contribution in [0.4, 0.5) is 4.39 Å². The third kappa shape index (κ3) is 7.44. The Kier molecular flexibility index (Phi) is 10.2. The lowest BCUT2D eigenvalue weighted by molar-refractivity contribution is 0.284. The smallest absolute Gasteiger partial charge is 0.180 e. The zero-order valence-electron chi connectivity index (χ0n) is 16.8. The van der Waals surface area contributed by atoms with E-state index >= 15 is 0 Å². The molecule has 0 unspecified atom stereocenters. The minimum absolute atomic E-state index is 0. The Labute approximate surface area is 202 Å². The van der Waals surface area contributed by atoms with Gasteiger partial charge in [-0.3, -0.25) is 0 Å². The SMILES string of the molecule is COc1cc(CNCCc2ccc(F)cc2)cc(Cl)c1OCc1ccc(Cl)cc1Cl.Cl. The van der Waals surface area contributed by atoms with Crippen LogP contribution in [0.15, 0.2) is 54.6 Å². The molecule has 0 aliphatic heterocycles. The minimum Gasteiger partial charge on any atom is -0.493 e. The summed E-state index contributed by atoms with van der Waals surface area (Å²) in [5, 5.41) is 4.90. The zero-order valence-corrected chi connectivity index (χ0v) is 19.8. The van der Waals surface area contributed by atoms with Crippen LogP contribution in [0.2, 0.25) is 15.1 Å². The molecule has 0 saturated heterocycles. The van der Waals surface area contributed by atoms with Gasteiger partial charge in [-0.25, -0.2) is 4.39 Å². The molecule has 8 heteroatoms. The van der Waals surface area contributed by atoms with E-state index in [0.29, 0.717) is 33.1 Å². The quantitative estimate of drug-likeness (QED) is 0.314. The topological polar surface area (TPSA) is 30.5 Å². The number of hydrogen-bond donors (Lipinski definition) is 1. The second kappa shape index (κ2) is 12.4. The first-order valence-corrected chi connectivity index (χ1v) is 10.5. The van der Waals surface area contributed by atoms with Gasteiger partial charge in [-0.2, -0.15) is 0 Å². The Morgan fingerprint density at radius 1 is 0.903 bits per heavy atom. The van der Waals surface area contributed by atoms with Crippen molar-refractivity contribution in [2.75, 3.05) is 13.7 Å². The summed E-state index contributed by atoms with van der Waals surface area (Å²) in [7, 11) is 1.57. The molecule has 0 fully saturated rings. The molecule has 3 aromatic rings. The van der Waals surface area contributed by atoms with Gasteiger partial charge in [0.2, 0.25) is 0 Å². The first-order valence-electron chi connectivity index (χ1n) is 9.34. The van der Waals surface area contributed by atoms with Crippen molar-refractivity contribution in [3.63, 3.8) is 0 Å². The fraction of sp³-hybridized carbons (Fsp3) is 0.217. The molecule has 0 atom stereocenters. The average molecular weight is 505 g/mol. The maximum Gasteiger partial charge on any atom is 0.180 e. The maximum atomic E-state index is 13.0. The first kappa shape index (κ1) is 25.6. The van der Waals surface area contributed by atoms with Gasteiger partial charge in [0.1, 0.15) is 12.4 Å². The van der Waals surface area contributed by atoms with E-state index in [2.05, 4.69) is 5.32 Å². The lowest BCUT2D eigenvalue weighted by Gasteiger charge is -2.15. The normalized spacial score (nSPS) is 10.5. The molecule has 0 aliphatic rings. The number of methoxy groups -OCH3 is 1. The zero-order chi connectivity index (χ0) is 21.5. The Hall–Kier alpha value is -1.69. The molecule has 3 rings (SSSR count). The molecule has 31 heavy (non-hydrogen) atoms. The molecule has 0 bridgehead atoms. The largest absolute Gasteiger partial charge is 0.493 e. The van der Waals surface area contributed by atoms with Crippen molar-refractivity contribution in [3.05, 3.63) is 92.2 Å². The monoisotopic (exact) mass is 503 g/mol.